The number of hydrogen-bond donors (Lipinski definition) is 1. The maximum Gasteiger partial charge on any atom is 0.260 e. The van der Waals surface area contributed by atoms with Crippen LogP contribution in [0.1, 0.15) is 23.6 Å². The van der Waals surface area contributed by atoms with Gasteiger partial charge in [0, 0.05) is 44.7 Å². The van der Waals surface area contributed by atoms with Gasteiger partial charge in [-0.3, -0.25) is 4.90 Å². The Kier molecular flexibility index (Phi) is 6.66. The fraction of sp³-hybridized carbons (Fsp3) is 0.476. The molecule has 0 bridgehead atoms. The largest absolute Gasteiger partial charge is 0.493 e. The number of sulfonamides is 1. The zero-order valence-electron chi connectivity index (χ0n) is 17.4. The highest BCUT2D eigenvalue weighted by molar-refractivity contribution is 7.89. The third-order valence-electron chi connectivity index (χ3n) is 5.72. The zero-order valence-corrected chi connectivity index (χ0v) is 18.9. The van der Waals surface area contributed by atoms with E-state index in [4.69, 9.17) is 16.3 Å². The van der Waals surface area contributed by atoms with Crippen molar-refractivity contribution < 1.29 is 17.5 Å². The summed E-state index contributed by atoms with van der Waals surface area (Å²) in [4.78, 5) is 8.43. The van der Waals surface area contributed by atoms with Gasteiger partial charge in [0.25, 0.3) is 10.0 Å². The van der Waals surface area contributed by atoms with Crippen molar-refractivity contribution in [3.8, 4) is 5.75 Å². The normalized spacial score (nSPS) is 19.7. The van der Waals surface area contributed by atoms with Gasteiger partial charge in [0.15, 0.2) is 5.03 Å². The highest BCUT2D eigenvalue weighted by Gasteiger charge is 2.30. The molecule has 0 radical (unpaired) electrons. The van der Waals surface area contributed by atoms with Crippen molar-refractivity contribution in [2.24, 2.45) is 0 Å². The Morgan fingerprint density at radius 3 is 2.74 bits per heavy atom. The van der Waals surface area contributed by atoms with Crippen molar-refractivity contribution >= 4 is 27.4 Å². The molecule has 2 aromatic rings. The minimum Gasteiger partial charge on any atom is -0.493 e. The summed E-state index contributed by atoms with van der Waals surface area (Å²) >= 11 is 6.25. The fourth-order valence-electron chi connectivity index (χ4n) is 4.04. The van der Waals surface area contributed by atoms with Gasteiger partial charge in [-0.05, 0) is 24.6 Å². The first-order chi connectivity index (χ1) is 14.9. The summed E-state index contributed by atoms with van der Waals surface area (Å²) in [6.45, 7) is 5.10. The van der Waals surface area contributed by atoms with Crippen LogP contribution in [-0.4, -0.2) is 64.3 Å². The first-order valence-electron chi connectivity index (χ1n) is 10.3. The molecule has 0 amide bonds. The second-order valence-electron chi connectivity index (χ2n) is 7.78. The van der Waals surface area contributed by atoms with E-state index >= 15 is 0 Å². The van der Waals surface area contributed by atoms with E-state index < -0.39 is 16.1 Å². The standard InChI is InChI=1S/C21H26ClFN4O3S/c1-15-3-2-4-16-18(7-14-30-20(15)16)25-31(28,29)21-17(22)5-6-19(24-21)27-12-10-26(9-8-23)11-13-27/h2-6,18,25H,7-14H2,1H3/t18-/m1/s1. The van der Waals surface area contributed by atoms with Crippen molar-refractivity contribution in [1.82, 2.24) is 14.6 Å². The van der Waals surface area contributed by atoms with Gasteiger partial charge in [-0.15, -0.1) is 0 Å². The number of aromatic nitrogens is 1. The minimum absolute atomic E-state index is 0.0730. The summed E-state index contributed by atoms with van der Waals surface area (Å²) in [5.74, 6) is 1.27. The van der Waals surface area contributed by atoms with E-state index in [2.05, 4.69) is 9.71 Å². The van der Waals surface area contributed by atoms with Gasteiger partial charge in [0.05, 0.1) is 17.7 Å². The van der Waals surface area contributed by atoms with Gasteiger partial charge >= 0.3 is 0 Å². The van der Waals surface area contributed by atoms with Crippen LogP contribution >= 0.6 is 11.6 Å². The van der Waals surface area contributed by atoms with Crippen LogP contribution in [0.2, 0.25) is 5.02 Å². The van der Waals surface area contributed by atoms with Gasteiger partial charge in [-0.25, -0.2) is 22.5 Å². The number of ether oxygens (including phenoxy) is 1. The van der Waals surface area contributed by atoms with Crippen molar-refractivity contribution in [3.05, 3.63) is 46.5 Å². The second-order valence-corrected chi connectivity index (χ2v) is 9.81. The Bertz CT molecular complexity index is 1040. The molecule has 1 N–H and O–H groups in total. The number of fused-ring (bicyclic) bond motifs is 1. The summed E-state index contributed by atoms with van der Waals surface area (Å²) in [6.07, 6.45) is 0.517. The van der Waals surface area contributed by atoms with Crippen LogP contribution in [0, 0.1) is 6.92 Å². The molecule has 4 rings (SSSR count). The van der Waals surface area contributed by atoms with E-state index in [1.54, 1.807) is 12.1 Å². The lowest BCUT2D eigenvalue weighted by atomic mass is 9.99. The number of para-hydroxylation sites is 1. The lowest BCUT2D eigenvalue weighted by Gasteiger charge is -2.35. The number of anilines is 1. The van der Waals surface area contributed by atoms with E-state index in [0.29, 0.717) is 51.6 Å². The van der Waals surface area contributed by atoms with Crippen molar-refractivity contribution in [2.75, 3.05) is 50.9 Å². The molecule has 168 valence electrons. The van der Waals surface area contributed by atoms with Crippen LogP contribution in [0.5, 0.6) is 5.75 Å². The number of piperazine rings is 1. The third kappa shape index (κ3) is 4.79. The number of benzene rings is 1. The number of pyridine rings is 1. The van der Waals surface area contributed by atoms with Crippen LogP contribution in [0.4, 0.5) is 10.2 Å². The van der Waals surface area contributed by atoms with E-state index in [1.807, 2.05) is 34.9 Å². The SMILES string of the molecule is Cc1cccc2c1OCC[C@H]2NS(=O)(=O)c1nc(N2CCN(CCF)CC2)ccc1Cl. The molecule has 0 unspecified atom stereocenters. The topological polar surface area (TPSA) is 74.8 Å². The predicted molar refractivity (Wildman–Crippen MR) is 118 cm³/mol. The second kappa shape index (κ2) is 9.28. The van der Waals surface area contributed by atoms with Gasteiger partial charge < -0.3 is 9.64 Å². The van der Waals surface area contributed by atoms with E-state index in [9.17, 15) is 12.8 Å². The van der Waals surface area contributed by atoms with Crippen LogP contribution in [0.25, 0.3) is 0 Å². The lowest BCUT2D eigenvalue weighted by Crippen LogP contribution is -2.47. The first kappa shape index (κ1) is 22.3. The first-order valence-corrected chi connectivity index (χ1v) is 12.2. The molecule has 1 saturated heterocycles. The Morgan fingerprint density at radius 1 is 1.23 bits per heavy atom. The Balaban J connectivity index is 1.56. The minimum atomic E-state index is -3.96. The number of aryl methyl sites for hydroxylation is 1. The summed E-state index contributed by atoms with van der Waals surface area (Å²) in [7, 11) is -3.96. The third-order valence-corrected chi connectivity index (χ3v) is 7.55. The van der Waals surface area contributed by atoms with E-state index in [0.717, 1.165) is 16.9 Å². The van der Waals surface area contributed by atoms with Crippen LogP contribution in [0.3, 0.4) is 0 Å². The molecule has 3 heterocycles. The van der Waals surface area contributed by atoms with Crippen LogP contribution in [-0.2, 0) is 10.0 Å². The number of nitrogens with one attached hydrogen (secondary N) is 1. The van der Waals surface area contributed by atoms with E-state index in [1.165, 1.54) is 0 Å². The van der Waals surface area contributed by atoms with Crippen LogP contribution < -0.4 is 14.4 Å². The summed E-state index contributed by atoms with van der Waals surface area (Å²) in [5, 5.41) is -0.109. The molecule has 0 spiro atoms. The monoisotopic (exact) mass is 468 g/mol. The highest BCUT2D eigenvalue weighted by atomic mass is 35.5. The summed E-state index contributed by atoms with van der Waals surface area (Å²) in [5.41, 5.74) is 1.78. The molecule has 1 aromatic heterocycles. The van der Waals surface area contributed by atoms with Gasteiger partial charge in [0.2, 0.25) is 0 Å². The quantitative estimate of drug-likeness (QED) is 0.702. The molecule has 10 heteroatoms. The average molecular weight is 469 g/mol. The Labute approximate surface area is 187 Å². The lowest BCUT2D eigenvalue weighted by molar-refractivity contribution is 0.235. The smallest absolute Gasteiger partial charge is 0.260 e. The molecular formula is C21H26ClFN4O3S. The number of rotatable bonds is 6. The summed E-state index contributed by atoms with van der Waals surface area (Å²) in [6, 6.07) is 8.56. The number of alkyl halides is 1. The molecule has 31 heavy (non-hydrogen) atoms. The summed E-state index contributed by atoms with van der Waals surface area (Å²) < 4.78 is 47.5. The fourth-order valence-corrected chi connectivity index (χ4v) is 5.72. The maximum absolute atomic E-state index is 13.2. The molecule has 0 aliphatic carbocycles. The van der Waals surface area contributed by atoms with Crippen LogP contribution in [0.15, 0.2) is 35.4 Å². The van der Waals surface area contributed by atoms with E-state index in [-0.39, 0.29) is 16.7 Å². The van der Waals surface area contributed by atoms with Gasteiger partial charge in [-0.2, -0.15) is 0 Å². The van der Waals surface area contributed by atoms with Crippen molar-refractivity contribution in [3.63, 3.8) is 0 Å². The Morgan fingerprint density at radius 2 is 2.00 bits per heavy atom. The molecule has 7 nitrogen and oxygen atoms in total. The molecule has 1 atom stereocenters. The highest BCUT2D eigenvalue weighted by Crippen LogP contribution is 2.36. The number of halogens is 2. The molecule has 1 fully saturated rings. The molecule has 2 aliphatic heterocycles. The van der Waals surface area contributed by atoms with Gasteiger partial charge in [0.1, 0.15) is 18.2 Å². The molecule has 1 aromatic carbocycles. The number of hydrogen-bond acceptors (Lipinski definition) is 6. The Hall–Kier alpha value is -1.94. The predicted octanol–water partition coefficient (Wildman–Crippen LogP) is 2.94. The molecular weight excluding hydrogens is 443 g/mol. The maximum atomic E-state index is 13.2. The zero-order chi connectivity index (χ0) is 22.0. The van der Waals surface area contributed by atoms with Gasteiger partial charge in [-0.1, -0.05) is 29.8 Å². The molecule has 2 aliphatic rings. The number of nitrogens with zero attached hydrogens (tertiary/aromatic N) is 3. The van der Waals surface area contributed by atoms with Crippen molar-refractivity contribution in [2.45, 2.75) is 24.4 Å². The van der Waals surface area contributed by atoms with Crippen molar-refractivity contribution in [1.29, 1.82) is 0 Å². The molecule has 0 saturated carbocycles. The average Bonchev–Trinajstić information content (AvgIpc) is 2.75.